The summed E-state index contributed by atoms with van der Waals surface area (Å²) in [7, 11) is 0. The molecule has 0 amide bonds. The summed E-state index contributed by atoms with van der Waals surface area (Å²) in [6.45, 7) is 1.86. The lowest BCUT2D eigenvalue weighted by atomic mass is 10.2. The van der Waals surface area contributed by atoms with Crippen LogP contribution in [0.1, 0.15) is 23.2 Å². The lowest BCUT2D eigenvalue weighted by molar-refractivity contribution is 0.145. The zero-order chi connectivity index (χ0) is 10.0. The fraction of sp³-hybridized carbons (Fsp3) is 0.375. The van der Waals surface area contributed by atoms with Crippen LogP contribution in [0.3, 0.4) is 0 Å². The molecule has 0 bridgehead atoms. The van der Waals surface area contributed by atoms with Gasteiger partial charge in [0.15, 0.2) is 0 Å². The Balaban J connectivity index is 3.25. The van der Waals surface area contributed by atoms with Gasteiger partial charge in [-0.25, -0.2) is 13.8 Å². The van der Waals surface area contributed by atoms with Gasteiger partial charge in [-0.3, -0.25) is 0 Å². The van der Waals surface area contributed by atoms with Gasteiger partial charge in [0, 0.05) is 5.33 Å². The highest BCUT2D eigenvalue weighted by Crippen LogP contribution is 2.25. The number of halogens is 4. The highest BCUT2D eigenvalue weighted by molar-refractivity contribution is 14.1. The van der Waals surface area contributed by atoms with Crippen LogP contribution in [0.4, 0.5) is 8.78 Å². The van der Waals surface area contributed by atoms with Gasteiger partial charge in [-0.15, -0.1) is 0 Å². The van der Waals surface area contributed by atoms with Gasteiger partial charge in [0.2, 0.25) is 0 Å². The van der Waals surface area contributed by atoms with Crippen molar-refractivity contribution in [3.63, 3.8) is 0 Å². The molecule has 1 aromatic heterocycles. The van der Waals surface area contributed by atoms with Crippen LogP contribution in [-0.4, -0.2) is 4.98 Å². The summed E-state index contributed by atoms with van der Waals surface area (Å²) < 4.78 is 25.5. The van der Waals surface area contributed by atoms with E-state index in [1.807, 2.05) is 29.5 Å². The first-order chi connectivity index (χ1) is 6.06. The van der Waals surface area contributed by atoms with E-state index in [2.05, 4.69) is 20.9 Å². The van der Waals surface area contributed by atoms with Gasteiger partial charge in [-0.05, 0) is 40.6 Å². The van der Waals surface area contributed by atoms with Crippen LogP contribution in [0.15, 0.2) is 6.07 Å². The maximum absolute atomic E-state index is 12.4. The standard InChI is InChI=1S/C8H7BrF2IN/c1-4-2-5(3-9)6(7(10)11)13-8(4)12/h2,7H,3H2,1H3. The van der Waals surface area contributed by atoms with E-state index in [0.29, 0.717) is 14.6 Å². The Bertz CT molecular complexity index is 317. The summed E-state index contributed by atoms with van der Waals surface area (Å²) in [5.41, 5.74) is 1.37. The minimum Gasteiger partial charge on any atom is -0.240 e. The van der Waals surface area contributed by atoms with Crippen molar-refractivity contribution in [1.29, 1.82) is 0 Å². The first kappa shape index (κ1) is 11.3. The van der Waals surface area contributed by atoms with Gasteiger partial charge in [-0.2, -0.15) is 0 Å². The van der Waals surface area contributed by atoms with Gasteiger partial charge >= 0.3 is 0 Å². The second kappa shape index (κ2) is 4.63. The van der Waals surface area contributed by atoms with Gasteiger partial charge in [-0.1, -0.05) is 22.0 Å². The number of hydrogen-bond donors (Lipinski definition) is 0. The lowest BCUT2D eigenvalue weighted by Gasteiger charge is -2.07. The third-order valence-corrected chi connectivity index (χ3v) is 3.31. The van der Waals surface area contributed by atoms with E-state index in [1.165, 1.54) is 0 Å². The van der Waals surface area contributed by atoms with E-state index in [1.54, 1.807) is 6.07 Å². The number of aromatic nitrogens is 1. The lowest BCUT2D eigenvalue weighted by Crippen LogP contribution is -2.00. The molecule has 0 unspecified atom stereocenters. The van der Waals surface area contributed by atoms with Gasteiger partial charge in [0.25, 0.3) is 6.43 Å². The number of pyridine rings is 1. The smallest absolute Gasteiger partial charge is 0.240 e. The van der Waals surface area contributed by atoms with Crippen LogP contribution < -0.4 is 0 Å². The molecule has 0 aliphatic carbocycles. The summed E-state index contributed by atoms with van der Waals surface area (Å²) in [4.78, 5) is 3.85. The zero-order valence-electron chi connectivity index (χ0n) is 6.82. The minimum atomic E-state index is -2.50. The monoisotopic (exact) mass is 361 g/mol. The largest absolute Gasteiger partial charge is 0.280 e. The first-order valence-corrected chi connectivity index (χ1v) is 5.76. The van der Waals surface area contributed by atoms with Gasteiger partial charge < -0.3 is 0 Å². The molecule has 0 aliphatic rings. The summed E-state index contributed by atoms with van der Waals surface area (Å²) >= 11 is 5.12. The second-order valence-electron chi connectivity index (χ2n) is 2.57. The van der Waals surface area contributed by atoms with Crippen molar-refractivity contribution < 1.29 is 8.78 Å². The third kappa shape index (κ3) is 2.59. The number of hydrogen-bond acceptors (Lipinski definition) is 1. The van der Waals surface area contributed by atoms with Crippen LogP contribution in [0, 0.1) is 10.6 Å². The molecule has 0 aromatic carbocycles. The number of alkyl halides is 3. The van der Waals surface area contributed by atoms with E-state index in [4.69, 9.17) is 0 Å². The Morgan fingerprint density at radius 2 is 2.23 bits per heavy atom. The van der Waals surface area contributed by atoms with E-state index < -0.39 is 6.43 Å². The molecule has 0 radical (unpaired) electrons. The molecular formula is C8H7BrF2IN. The summed E-state index contributed by atoms with van der Waals surface area (Å²) in [5, 5.41) is 0.414. The molecule has 72 valence electrons. The first-order valence-electron chi connectivity index (χ1n) is 3.56. The molecule has 5 heteroatoms. The fourth-order valence-electron chi connectivity index (χ4n) is 0.957. The van der Waals surface area contributed by atoms with Crippen molar-refractivity contribution >= 4 is 38.5 Å². The average Bonchev–Trinajstić information content (AvgIpc) is 2.08. The van der Waals surface area contributed by atoms with Crippen molar-refractivity contribution in [3.8, 4) is 0 Å². The van der Waals surface area contributed by atoms with E-state index in [9.17, 15) is 8.78 Å². The normalized spacial score (nSPS) is 10.9. The summed E-state index contributed by atoms with van der Waals surface area (Å²) in [5.74, 6) is 0. The zero-order valence-corrected chi connectivity index (χ0v) is 10.6. The molecule has 1 heterocycles. The Hall–Kier alpha value is 0.220. The molecule has 0 fully saturated rings. The van der Waals surface area contributed by atoms with Crippen molar-refractivity contribution in [2.45, 2.75) is 18.7 Å². The summed E-state index contributed by atoms with van der Waals surface area (Å²) in [6.07, 6.45) is -2.50. The predicted molar refractivity (Wildman–Crippen MR) is 59.3 cm³/mol. The Kier molecular flexibility index (Phi) is 4.03. The van der Waals surface area contributed by atoms with Crippen molar-refractivity contribution in [2.75, 3.05) is 0 Å². The summed E-state index contributed by atoms with van der Waals surface area (Å²) in [6, 6.07) is 1.74. The molecule has 0 N–H and O–H groups in total. The molecule has 0 atom stereocenters. The molecule has 1 nitrogen and oxygen atoms in total. The van der Waals surface area contributed by atoms with E-state index in [0.717, 1.165) is 5.56 Å². The molecule has 13 heavy (non-hydrogen) atoms. The SMILES string of the molecule is Cc1cc(CBr)c(C(F)F)nc1I. The topological polar surface area (TPSA) is 12.9 Å². The van der Waals surface area contributed by atoms with Crippen LogP contribution >= 0.6 is 38.5 Å². The molecule has 1 rings (SSSR count). The molecule has 1 aromatic rings. The average molecular weight is 362 g/mol. The number of rotatable bonds is 2. The van der Waals surface area contributed by atoms with Gasteiger partial charge in [0.05, 0.1) is 0 Å². The highest BCUT2D eigenvalue weighted by atomic mass is 127. The maximum atomic E-state index is 12.4. The van der Waals surface area contributed by atoms with Crippen LogP contribution in [-0.2, 0) is 5.33 Å². The Morgan fingerprint density at radius 1 is 1.62 bits per heavy atom. The van der Waals surface area contributed by atoms with Crippen LogP contribution in [0.2, 0.25) is 0 Å². The van der Waals surface area contributed by atoms with Crippen molar-refractivity contribution in [2.24, 2.45) is 0 Å². The maximum Gasteiger partial charge on any atom is 0.280 e. The van der Waals surface area contributed by atoms with Crippen molar-refractivity contribution in [3.05, 3.63) is 26.6 Å². The molecule has 0 spiro atoms. The van der Waals surface area contributed by atoms with E-state index >= 15 is 0 Å². The third-order valence-electron chi connectivity index (χ3n) is 1.61. The van der Waals surface area contributed by atoms with E-state index in [-0.39, 0.29) is 5.69 Å². The number of aryl methyl sites for hydroxylation is 1. The Labute approximate surface area is 97.2 Å². The highest BCUT2D eigenvalue weighted by Gasteiger charge is 2.15. The van der Waals surface area contributed by atoms with Crippen molar-refractivity contribution in [1.82, 2.24) is 4.98 Å². The van der Waals surface area contributed by atoms with Crippen LogP contribution in [0.5, 0.6) is 0 Å². The fourth-order valence-corrected chi connectivity index (χ4v) is 1.82. The quantitative estimate of drug-likeness (QED) is 0.443. The molecule has 0 saturated heterocycles. The molecule has 0 saturated carbocycles. The van der Waals surface area contributed by atoms with Crippen LogP contribution in [0.25, 0.3) is 0 Å². The van der Waals surface area contributed by atoms with Gasteiger partial charge in [0.1, 0.15) is 9.39 Å². The second-order valence-corrected chi connectivity index (χ2v) is 4.16. The molecule has 0 aliphatic heterocycles. The predicted octanol–water partition coefficient (Wildman–Crippen LogP) is 3.83. The Morgan fingerprint density at radius 3 is 2.69 bits per heavy atom. The molecular weight excluding hydrogens is 355 g/mol. The minimum absolute atomic E-state index is 0.119. The number of nitrogens with zero attached hydrogens (tertiary/aromatic N) is 1.